The zero-order chi connectivity index (χ0) is 24.7. The Labute approximate surface area is 210 Å². The predicted molar refractivity (Wildman–Crippen MR) is 129 cm³/mol. The van der Waals surface area contributed by atoms with Gasteiger partial charge in [-0.1, -0.05) is 48.5 Å². The molecule has 8 heteroatoms. The van der Waals surface area contributed by atoms with Gasteiger partial charge in [-0.3, -0.25) is 19.3 Å². The van der Waals surface area contributed by atoms with E-state index < -0.39 is 51.2 Å². The van der Waals surface area contributed by atoms with Crippen molar-refractivity contribution in [2.75, 3.05) is 5.32 Å². The van der Waals surface area contributed by atoms with Crippen LogP contribution in [0, 0.1) is 17.7 Å². The van der Waals surface area contributed by atoms with Crippen molar-refractivity contribution in [3.63, 3.8) is 0 Å². The van der Waals surface area contributed by atoms with Crippen LogP contribution in [-0.2, 0) is 24.1 Å². The molecule has 3 amide bonds. The van der Waals surface area contributed by atoms with Crippen molar-refractivity contribution in [2.45, 2.75) is 22.7 Å². The van der Waals surface area contributed by atoms with Crippen molar-refractivity contribution in [3.05, 3.63) is 101 Å². The van der Waals surface area contributed by atoms with Crippen molar-refractivity contribution in [1.82, 2.24) is 4.90 Å². The van der Waals surface area contributed by atoms with Gasteiger partial charge in [0.05, 0.1) is 11.8 Å². The number of anilines is 1. The van der Waals surface area contributed by atoms with Gasteiger partial charge in [-0.2, -0.15) is 0 Å². The number of benzene rings is 3. The summed E-state index contributed by atoms with van der Waals surface area (Å²) in [7, 11) is 0. The molecule has 3 aromatic carbocycles. The average molecular weight is 509 g/mol. The van der Waals surface area contributed by atoms with Crippen LogP contribution in [0.2, 0.25) is 0 Å². The van der Waals surface area contributed by atoms with Gasteiger partial charge >= 0.3 is 0 Å². The molecule has 2 bridgehead atoms. The number of rotatable bonds is 3. The molecule has 0 saturated carbocycles. The van der Waals surface area contributed by atoms with Crippen molar-refractivity contribution < 1.29 is 18.8 Å². The fourth-order valence-electron chi connectivity index (χ4n) is 5.97. The Kier molecular flexibility index (Phi) is 4.70. The summed E-state index contributed by atoms with van der Waals surface area (Å²) in [6.45, 7) is 1.48. The molecule has 7 rings (SSSR count). The quantitative estimate of drug-likeness (QED) is 0.410. The van der Waals surface area contributed by atoms with Crippen molar-refractivity contribution in [3.8, 4) is 0 Å². The summed E-state index contributed by atoms with van der Waals surface area (Å²) in [4.78, 5) is 39.2. The van der Waals surface area contributed by atoms with Crippen LogP contribution in [0.25, 0.3) is 0 Å². The van der Waals surface area contributed by atoms with Gasteiger partial charge in [0.15, 0.2) is 0 Å². The molecular weight excluding hydrogens is 490 g/mol. The Balaban J connectivity index is 1.45. The molecule has 0 radical (unpaired) electrons. The second-order valence-corrected chi connectivity index (χ2v) is 10.4. The number of carbonyl (C=O) groups is 3. The zero-order valence-electron chi connectivity index (χ0n) is 18.5. The molecule has 3 aromatic rings. The van der Waals surface area contributed by atoms with E-state index in [1.165, 1.54) is 31.2 Å². The van der Waals surface area contributed by atoms with Crippen molar-refractivity contribution >= 4 is 46.6 Å². The molecule has 1 N–H and O–H groups in total. The molecule has 4 aliphatic rings. The Morgan fingerprint density at radius 2 is 1.23 bits per heavy atom. The maximum Gasteiger partial charge on any atom is 0.247 e. The highest BCUT2D eigenvalue weighted by molar-refractivity contribution is 6.36. The monoisotopic (exact) mass is 508 g/mol. The maximum atomic E-state index is 13.9. The summed E-state index contributed by atoms with van der Waals surface area (Å²) in [5.74, 6) is -4.04. The maximum absolute atomic E-state index is 13.9. The number of nitrogens with zero attached hydrogens (tertiary/aromatic N) is 1. The molecule has 0 spiro atoms. The first-order chi connectivity index (χ1) is 16.7. The van der Waals surface area contributed by atoms with Gasteiger partial charge in [0, 0.05) is 5.69 Å². The predicted octanol–water partition coefficient (Wildman–Crippen LogP) is 4.75. The molecule has 35 heavy (non-hydrogen) atoms. The molecule has 3 atom stereocenters. The fourth-order valence-corrected chi connectivity index (χ4v) is 7.07. The first-order valence-electron chi connectivity index (χ1n) is 11.2. The number of nitrogens with one attached hydrogen (secondary N) is 1. The van der Waals surface area contributed by atoms with Gasteiger partial charge < -0.3 is 5.32 Å². The molecule has 0 unspecified atom stereocenters. The minimum Gasteiger partial charge on any atom is -0.324 e. The summed E-state index contributed by atoms with van der Waals surface area (Å²) in [6, 6.07) is 18.8. The summed E-state index contributed by atoms with van der Waals surface area (Å²) in [5.41, 5.74) is 3.14. The molecule has 1 heterocycles. The molecule has 176 valence electrons. The molecule has 5 nitrogen and oxygen atoms in total. The smallest absolute Gasteiger partial charge is 0.247 e. The second kappa shape index (κ2) is 7.39. The van der Waals surface area contributed by atoms with E-state index in [-0.39, 0.29) is 0 Å². The number of hydrogen-bond donors (Lipinski definition) is 1. The van der Waals surface area contributed by atoms with Crippen LogP contribution in [0.3, 0.4) is 0 Å². The van der Waals surface area contributed by atoms with Crippen LogP contribution >= 0.6 is 23.2 Å². The van der Waals surface area contributed by atoms with Gasteiger partial charge in [-0.25, -0.2) is 4.39 Å². The topological polar surface area (TPSA) is 66.5 Å². The van der Waals surface area contributed by atoms with E-state index in [1.807, 2.05) is 48.5 Å². The van der Waals surface area contributed by atoms with Crippen LogP contribution in [0.15, 0.2) is 72.8 Å². The Hall–Kier alpha value is -3.22. The highest BCUT2D eigenvalue weighted by atomic mass is 35.5. The Morgan fingerprint density at radius 3 is 1.63 bits per heavy atom. The largest absolute Gasteiger partial charge is 0.324 e. The highest BCUT2D eigenvalue weighted by Crippen LogP contribution is 2.69. The number of amides is 3. The van der Waals surface area contributed by atoms with Gasteiger partial charge in [0.25, 0.3) is 0 Å². The molecule has 1 saturated heterocycles. The van der Waals surface area contributed by atoms with Crippen molar-refractivity contribution in [2.24, 2.45) is 11.8 Å². The van der Waals surface area contributed by atoms with Crippen LogP contribution < -0.4 is 5.32 Å². The van der Waals surface area contributed by atoms with Gasteiger partial charge in [-0.05, 0) is 53.4 Å². The van der Waals surface area contributed by atoms with Crippen molar-refractivity contribution in [1.29, 1.82) is 0 Å². The van der Waals surface area contributed by atoms with E-state index in [0.717, 1.165) is 4.90 Å². The first kappa shape index (κ1) is 22.3. The SMILES string of the molecule is C[C@H](C(=O)Nc1ccc(F)cc1)N1C(=O)[C@@H]2[C@@H](C1=O)C1(Cl)c3ccccc3C2(Cl)c2ccccc21. The van der Waals surface area contributed by atoms with E-state index in [1.54, 1.807) is 0 Å². The van der Waals surface area contributed by atoms with Gasteiger partial charge in [0.2, 0.25) is 17.7 Å². The standard InChI is InChI=1S/C27H19Cl2FN2O3/c1-14(23(33)31-16-12-10-15(30)11-13-16)32-24(34)21-22(25(32)35)27(29)18-7-3-2-6-17(18)26(21,28)19-8-4-5-9-20(19)27/h2-14,21-22H,1H3,(H,31,33)/t14-,21+,22+,26?,27?/m1/s1. The number of imide groups is 1. The fraction of sp³-hybridized carbons (Fsp3) is 0.222. The second-order valence-electron chi connectivity index (χ2n) is 9.19. The average Bonchev–Trinajstić information content (AvgIpc) is 3.14. The molecule has 1 aliphatic heterocycles. The minimum absolute atomic E-state index is 0.349. The summed E-state index contributed by atoms with van der Waals surface area (Å²) < 4.78 is 13.2. The number of likely N-dealkylation sites (tertiary alicyclic amines) is 1. The number of carbonyl (C=O) groups excluding carboxylic acids is 3. The number of halogens is 3. The van der Waals surface area contributed by atoms with Crippen LogP contribution in [0.4, 0.5) is 10.1 Å². The van der Waals surface area contributed by atoms with E-state index >= 15 is 0 Å². The lowest BCUT2D eigenvalue weighted by Gasteiger charge is -2.54. The summed E-state index contributed by atoms with van der Waals surface area (Å²) >= 11 is 14.8. The lowest BCUT2D eigenvalue weighted by atomic mass is 9.54. The Bertz CT molecular complexity index is 1300. The third-order valence-corrected chi connectivity index (χ3v) is 8.78. The van der Waals surface area contributed by atoms with E-state index in [4.69, 9.17) is 23.2 Å². The zero-order valence-corrected chi connectivity index (χ0v) is 20.0. The minimum atomic E-state index is -1.30. The molecule has 0 aromatic heterocycles. The third-order valence-electron chi connectivity index (χ3n) is 7.50. The highest BCUT2D eigenvalue weighted by Gasteiger charge is 2.73. The normalized spacial score (nSPS) is 28.9. The first-order valence-corrected chi connectivity index (χ1v) is 12.0. The van der Waals surface area contributed by atoms with Crippen LogP contribution in [0.1, 0.15) is 29.2 Å². The van der Waals surface area contributed by atoms with Crippen LogP contribution in [-0.4, -0.2) is 28.7 Å². The van der Waals surface area contributed by atoms with E-state index in [0.29, 0.717) is 27.9 Å². The van der Waals surface area contributed by atoms with Gasteiger partial charge in [0.1, 0.15) is 21.6 Å². The van der Waals surface area contributed by atoms with E-state index in [9.17, 15) is 18.8 Å². The summed E-state index contributed by atoms with van der Waals surface area (Å²) in [6.07, 6.45) is 0. The lowest BCUT2D eigenvalue weighted by Crippen LogP contribution is -2.57. The number of alkyl halides is 2. The Morgan fingerprint density at radius 1 is 0.829 bits per heavy atom. The molecule has 3 aliphatic carbocycles. The lowest BCUT2D eigenvalue weighted by molar-refractivity contribution is -0.146. The summed E-state index contributed by atoms with van der Waals surface area (Å²) in [5, 5.41) is 2.64. The van der Waals surface area contributed by atoms with Crippen LogP contribution in [0.5, 0.6) is 0 Å². The van der Waals surface area contributed by atoms with Gasteiger partial charge in [-0.15, -0.1) is 23.2 Å². The third kappa shape index (κ3) is 2.72. The molecular formula is C27H19Cl2FN2O3. The number of hydrogen-bond acceptors (Lipinski definition) is 3. The molecule has 1 fully saturated rings. The van der Waals surface area contributed by atoms with E-state index in [2.05, 4.69) is 5.32 Å².